The molecule has 10 heteroatoms. The summed E-state index contributed by atoms with van der Waals surface area (Å²) >= 11 is 0. The zero-order chi connectivity index (χ0) is 19.7. The molecule has 2 aromatic rings. The Balaban J connectivity index is 1.95. The number of aromatic hydroxyl groups is 1. The lowest BCUT2D eigenvalue weighted by molar-refractivity contribution is -0.278. The Hall–Kier alpha value is -2.37. The molecule has 0 unspecified atom stereocenters. The molecule has 1 saturated heterocycles. The Labute approximate surface area is 152 Å². The second-order valence-electron chi connectivity index (χ2n) is 5.97. The molecule has 3 rings (SSSR count). The van der Waals surface area contributed by atoms with Crippen molar-refractivity contribution in [1.29, 1.82) is 0 Å². The number of hydrogen-bond acceptors (Lipinski definition) is 10. The monoisotopic (exact) mass is 384 g/mol. The molecular weight excluding hydrogens is 364 g/mol. The summed E-state index contributed by atoms with van der Waals surface area (Å²) in [5.41, 5.74) is -0.991. The van der Waals surface area contributed by atoms with Crippen molar-refractivity contribution in [3.63, 3.8) is 0 Å². The van der Waals surface area contributed by atoms with Gasteiger partial charge in [0, 0.05) is 6.07 Å². The van der Waals surface area contributed by atoms with E-state index >= 15 is 0 Å². The quantitative estimate of drug-likeness (QED) is 0.408. The summed E-state index contributed by atoms with van der Waals surface area (Å²) in [6.07, 6.45) is -7.86. The van der Waals surface area contributed by atoms with Crippen molar-refractivity contribution in [1.82, 2.24) is 0 Å². The molecule has 1 aromatic heterocycles. The van der Waals surface area contributed by atoms with E-state index in [-0.39, 0.29) is 11.0 Å². The van der Waals surface area contributed by atoms with Crippen molar-refractivity contribution in [2.24, 2.45) is 0 Å². The molecule has 0 aliphatic carbocycles. The largest absolute Gasteiger partial charge is 0.504 e. The minimum atomic E-state index is -1.74. The highest BCUT2D eigenvalue weighted by Gasteiger charge is 2.45. The number of aliphatic hydroxyl groups is 4. The molecule has 10 nitrogen and oxygen atoms in total. The topological polar surface area (TPSA) is 159 Å². The average molecular weight is 384 g/mol. The van der Waals surface area contributed by atoms with Crippen LogP contribution in [0.1, 0.15) is 6.92 Å². The zero-order valence-electron chi connectivity index (χ0n) is 14.3. The lowest BCUT2D eigenvalue weighted by Crippen LogP contribution is -2.60. The van der Waals surface area contributed by atoms with Gasteiger partial charge in [0.25, 0.3) is 5.75 Å². The first-order valence-corrected chi connectivity index (χ1v) is 8.27. The molecule has 0 radical (unpaired) electrons. The van der Waals surface area contributed by atoms with Crippen LogP contribution >= 0.6 is 0 Å². The molecule has 1 aliphatic rings. The SMILES string of the molecule is CCOc1ccc2c(O)c(O[C@H]3O[C@H](CO)[C@@H](O)[C@H](O)[C@@H]3O)c(=O)oc2c1. The summed E-state index contributed by atoms with van der Waals surface area (Å²) in [4.78, 5) is 12.2. The Kier molecular flexibility index (Phi) is 5.53. The normalized spacial score (nSPS) is 28.3. The maximum Gasteiger partial charge on any atom is 0.383 e. The number of ether oxygens (including phenoxy) is 3. The summed E-state index contributed by atoms with van der Waals surface area (Å²) in [5, 5.41) is 49.3. The highest BCUT2D eigenvalue weighted by molar-refractivity contribution is 5.86. The summed E-state index contributed by atoms with van der Waals surface area (Å²) in [6, 6.07) is 4.44. The van der Waals surface area contributed by atoms with Gasteiger partial charge in [0.05, 0.1) is 18.6 Å². The minimum absolute atomic E-state index is 0.0598. The number of fused-ring (bicyclic) bond motifs is 1. The number of rotatable bonds is 5. The summed E-state index contributed by atoms with van der Waals surface area (Å²) < 4.78 is 20.8. The molecule has 1 fully saturated rings. The zero-order valence-corrected chi connectivity index (χ0v) is 14.3. The first kappa shape index (κ1) is 19.4. The van der Waals surface area contributed by atoms with Crippen LogP contribution in [0.5, 0.6) is 17.2 Å². The fourth-order valence-electron chi connectivity index (χ4n) is 2.79. The minimum Gasteiger partial charge on any atom is -0.504 e. The predicted octanol–water partition coefficient (Wildman–Crippen LogP) is -0.924. The number of benzene rings is 1. The van der Waals surface area contributed by atoms with Crippen LogP contribution in [0.3, 0.4) is 0 Å². The van der Waals surface area contributed by atoms with E-state index in [1.807, 2.05) is 0 Å². The van der Waals surface area contributed by atoms with Crippen LogP contribution in [0.4, 0.5) is 0 Å². The van der Waals surface area contributed by atoms with E-state index in [9.17, 15) is 30.3 Å². The fraction of sp³-hybridized carbons (Fsp3) is 0.471. The van der Waals surface area contributed by atoms with Crippen LogP contribution in [-0.4, -0.2) is 69.5 Å². The van der Waals surface area contributed by atoms with Crippen molar-refractivity contribution in [2.45, 2.75) is 37.6 Å². The molecule has 0 bridgehead atoms. The number of hydrogen-bond donors (Lipinski definition) is 5. The summed E-state index contributed by atoms with van der Waals surface area (Å²) in [5.74, 6) is -0.757. The number of aliphatic hydroxyl groups excluding tert-OH is 4. The Morgan fingerprint density at radius 2 is 1.89 bits per heavy atom. The smallest absolute Gasteiger partial charge is 0.383 e. The van der Waals surface area contributed by atoms with E-state index in [2.05, 4.69) is 0 Å². The van der Waals surface area contributed by atoms with Gasteiger partial charge in [-0.25, -0.2) is 4.79 Å². The Bertz CT molecular complexity index is 861. The first-order chi connectivity index (χ1) is 12.9. The van der Waals surface area contributed by atoms with Crippen LogP contribution in [0.2, 0.25) is 0 Å². The third-order valence-electron chi connectivity index (χ3n) is 4.20. The standard InChI is InChI=1S/C17H20O10/c1-2-24-7-3-4-8-9(5-7)25-16(23)15(11(8)19)27-17-14(22)13(21)12(20)10(6-18)26-17/h3-5,10,12-14,17-22H,2,6H2,1H3/t10-,12-,13+,14+,17-/m1/s1. The van der Waals surface area contributed by atoms with E-state index in [0.29, 0.717) is 12.4 Å². The predicted molar refractivity (Wildman–Crippen MR) is 89.7 cm³/mol. The van der Waals surface area contributed by atoms with Crippen molar-refractivity contribution < 1.29 is 44.2 Å². The van der Waals surface area contributed by atoms with Gasteiger partial charge >= 0.3 is 5.63 Å². The molecular formula is C17H20O10. The van der Waals surface area contributed by atoms with Gasteiger partial charge in [0.2, 0.25) is 6.29 Å². The third kappa shape index (κ3) is 3.57. The van der Waals surface area contributed by atoms with Crippen LogP contribution in [0, 0.1) is 0 Å². The van der Waals surface area contributed by atoms with E-state index in [1.165, 1.54) is 12.1 Å². The van der Waals surface area contributed by atoms with Gasteiger partial charge in [-0.3, -0.25) is 0 Å². The van der Waals surface area contributed by atoms with E-state index in [1.54, 1.807) is 13.0 Å². The highest BCUT2D eigenvalue weighted by Crippen LogP contribution is 2.35. The molecule has 5 N–H and O–H groups in total. The fourth-order valence-corrected chi connectivity index (χ4v) is 2.79. The van der Waals surface area contributed by atoms with Gasteiger partial charge in [0.15, 0.2) is 5.75 Å². The summed E-state index contributed by atoms with van der Waals surface area (Å²) in [7, 11) is 0. The molecule has 0 spiro atoms. The van der Waals surface area contributed by atoms with E-state index in [0.717, 1.165) is 0 Å². The molecule has 2 heterocycles. The summed E-state index contributed by atoms with van der Waals surface area (Å²) in [6.45, 7) is 1.53. The molecule has 0 saturated carbocycles. The molecule has 148 valence electrons. The van der Waals surface area contributed by atoms with Crippen molar-refractivity contribution >= 4 is 11.0 Å². The maximum atomic E-state index is 12.2. The molecule has 0 amide bonds. The lowest BCUT2D eigenvalue weighted by Gasteiger charge is -2.39. The first-order valence-electron chi connectivity index (χ1n) is 8.27. The van der Waals surface area contributed by atoms with Crippen molar-refractivity contribution in [3.8, 4) is 17.2 Å². The maximum absolute atomic E-state index is 12.2. The Morgan fingerprint density at radius 3 is 2.56 bits per heavy atom. The van der Waals surface area contributed by atoms with Gasteiger partial charge < -0.3 is 44.2 Å². The second-order valence-corrected chi connectivity index (χ2v) is 5.97. The molecule has 5 atom stereocenters. The molecule has 1 aliphatic heterocycles. The average Bonchev–Trinajstić information content (AvgIpc) is 2.65. The van der Waals surface area contributed by atoms with Crippen LogP contribution in [0.15, 0.2) is 27.4 Å². The lowest BCUT2D eigenvalue weighted by atomic mass is 9.99. The van der Waals surface area contributed by atoms with Crippen LogP contribution < -0.4 is 15.1 Å². The van der Waals surface area contributed by atoms with E-state index < -0.39 is 54.4 Å². The van der Waals surface area contributed by atoms with Gasteiger partial charge in [0.1, 0.15) is 35.7 Å². The Morgan fingerprint density at radius 1 is 1.15 bits per heavy atom. The highest BCUT2D eigenvalue weighted by atomic mass is 16.7. The van der Waals surface area contributed by atoms with Gasteiger partial charge in [-0.15, -0.1) is 0 Å². The van der Waals surface area contributed by atoms with Crippen LogP contribution in [-0.2, 0) is 4.74 Å². The second kappa shape index (κ2) is 7.71. The van der Waals surface area contributed by atoms with Gasteiger partial charge in [-0.05, 0) is 19.1 Å². The van der Waals surface area contributed by atoms with Crippen LogP contribution in [0.25, 0.3) is 11.0 Å². The van der Waals surface area contributed by atoms with E-state index in [4.69, 9.17) is 18.6 Å². The van der Waals surface area contributed by atoms with Gasteiger partial charge in [-0.2, -0.15) is 0 Å². The van der Waals surface area contributed by atoms with Crippen molar-refractivity contribution in [3.05, 3.63) is 28.6 Å². The molecule has 1 aromatic carbocycles. The van der Waals surface area contributed by atoms with Gasteiger partial charge in [-0.1, -0.05) is 0 Å². The van der Waals surface area contributed by atoms with Crippen molar-refractivity contribution in [2.75, 3.05) is 13.2 Å². The third-order valence-corrected chi connectivity index (χ3v) is 4.20. The molecule has 27 heavy (non-hydrogen) atoms.